The Morgan fingerprint density at radius 2 is 1.89 bits per heavy atom. The molecule has 1 N–H and O–H groups in total. The molecule has 0 radical (unpaired) electrons. The number of halogens is 1. The molecule has 4 nitrogen and oxygen atoms in total. The normalized spacial score (nSPS) is 10.2. The third-order valence-electron chi connectivity index (χ3n) is 2.76. The lowest BCUT2D eigenvalue weighted by molar-refractivity contribution is -0.387. The van der Waals surface area contributed by atoms with Gasteiger partial charge >= 0.3 is 5.69 Å². The summed E-state index contributed by atoms with van der Waals surface area (Å²) < 4.78 is 13.4. The summed E-state index contributed by atoms with van der Waals surface area (Å²) in [4.78, 5) is 9.76. The zero-order valence-electron chi connectivity index (χ0n) is 10.4. The monoisotopic (exact) mass is 260 g/mol. The molecule has 0 spiro atoms. The molecule has 0 unspecified atom stereocenters. The van der Waals surface area contributed by atoms with Crippen LogP contribution in [0, 0.1) is 22.9 Å². The number of hydrogen-bond acceptors (Lipinski definition) is 3. The van der Waals surface area contributed by atoms with Crippen molar-refractivity contribution in [2.45, 2.75) is 13.5 Å². The molecule has 0 saturated heterocycles. The van der Waals surface area contributed by atoms with Gasteiger partial charge in [0.2, 0.25) is 5.82 Å². The van der Waals surface area contributed by atoms with Gasteiger partial charge in [-0.1, -0.05) is 23.8 Å². The molecule has 0 bridgehead atoms. The molecule has 0 amide bonds. The van der Waals surface area contributed by atoms with E-state index in [1.54, 1.807) is 6.07 Å². The van der Waals surface area contributed by atoms with Gasteiger partial charge in [0.1, 0.15) is 0 Å². The molecule has 19 heavy (non-hydrogen) atoms. The van der Waals surface area contributed by atoms with Crippen molar-refractivity contribution in [2.24, 2.45) is 0 Å². The molecule has 0 atom stereocenters. The molecular weight excluding hydrogens is 247 g/mol. The minimum absolute atomic E-state index is 0.415. The molecule has 2 aromatic rings. The first-order chi connectivity index (χ1) is 9.06. The van der Waals surface area contributed by atoms with Gasteiger partial charge in [0.25, 0.3) is 0 Å². The number of nitro groups is 1. The molecule has 0 saturated carbocycles. The van der Waals surface area contributed by atoms with Crippen molar-refractivity contribution in [3.63, 3.8) is 0 Å². The van der Waals surface area contributed by atoms with Crippen LogP contribution in [0.1, 0.15) is 11.1 Å². The summed E-state index contributed by atoms with van der Waals surface area (Å²) in [5.41, 5.74) is 2.24. The highest BCUT2D eigenvalue weighted by Crippen LogP contribution is 2.19. The maximum Gasteiger partial charge on any atom is 0.304 e. The second-order valence-corrected chi connectivity index (χ2v) is 4.26. The van der Waals surface area contributed by atoms with E-state index in [-0.39, 0.29) is 0 Å². The number of aryl methyl sites for hydroxylation is 1. The molecule has 2 rings (SSSR count). The van der Waals surface area contributed by atoms with Gasteiger partial charge in [-0.05, 0) is 30.7 Å². The zero-order valence-corrected chi connectivity index (χ0v) is 10.4. The van der Waals surface area contributed by atoms with Gasteiger partial charge in [0.15, 0.2) is 0 Å². The quantitative estimate of drug-likeness (QED) is 0.674. The van der Waals surface area contributed by atoms with Gasteiger partial charge in [0, 0.05) is 18.3 Å². The van der Waals surface area contributed by atoms with Gasteiger partial charge in [-0.3, -0.25) is 10.1 Å². The highest BCUT2D eigenvalue weighted by Gasteiger charge is 2.13. The van der Waals surface area contributed by atoms with Gasteiger partial charge in [-0.2, -0.15) is 4.39 Å². The fourth-order valence-corrected chi connectivity index (χ4v) is 1.68. The van der Waals surface area contributed by atoms with Crippen molar-refractivity contribution in [3.05, 3.63) is 69.5 Å². The Morgan fingerprint density at radius 3 is 2.47 bits per heavy atom. The van der Waals surface area contributed by atoms with Crippen LogP contribution in [0.25, 0.3) is 0 Å². The third-order valence-corrected chi connectivity index (χ3v) is 2.76. The van der Waals surface area contributed by atoms with Crippen LogP contribution in [0.2, 0.25) is 0 Å². The topological polar surface area (TPSA) is 55.2 Å². The third kappa shape index (κ3) is 3.28. The van der Waals surface area contributed by atoms with Crippen molar-refractivity contribution in [1.82, 2.24) is 0 Å². The van der Waals surface area contributed by atoms with E-state index >= 15 is 0 Å². The lowest BCUT2D eigenvalue weighted by Crippen LogP contribution is -2.01. The highest BCUT2D eigenvalue weighted by molar-refractivity contribution is 5.45. The Hall–Kier alpha value is -2.43. The summed E-state index contributed by atoms with van der Waals surface area (Å²) in [6.45, 7) is 2.41. The van der Waals surface area contributed by atoms with E-state index in [4.69, 9.17) is 0 Å². The summed E-state index contributed by atoms with van der Waals surface area (Å²) in [5.74, 6) is -0.812. The lowest BCUT2D eigenvalue weighted by atomic mass is 10.2. The Kier molecular flexibility index (Phi) is 3.75. The molecule has 0 aliphatic rings. The standard InChI is InChI=1S/C14H13FN2O2/c1-10-2-5-12(6-3-10)16-9-11-4-7-14(17(18)19)13(15)8-11/h2-8,16H,9H2,1H3. The lowest BCUT2D eigenvalue weighted by Gasteiger charge is -2.07. The number of nitrogens with one attached hydrogen (secondary N) is 1. The van der Waals surface area contributed by atoms with Crippen molar-refractivity contribution >= 4 is 11.4 Å². The molecular formula is C14H13FN2O2. The summed E-state index contributed by atoms with van der Waals surface area (Å²) >= 11 is 0. The van der Waals surface area contributed by atoms with Crippen LogP contribution < -0.4 is 5.32 Å². The maximum absolute atomic E-state index is 13.4. The largest absolute Gasteiger partial charge is 0.381 e. The summed E-state index contributed by atoms with van der Waals surface area (Å²) in [5, 5.41) is 13.6. The number of nitro benzene ring substituents is 1. The Morgan fingerprint density at radius 1 is 1.21 bits per heavy atom. The van der Waals surface area contributed by atoms with E-state index in [0.29, 0.717) is 12.1 Å². The molecule has 2 aromatic carbocycles. The van der Waals surface area contributed by atoms with Crippen molar-refractivity contribution in [3.8, 4) is 0 Å². The van der Waals surface area contributed by atoms with Crippen LogP contribution in [0.5, 0.6) is 0 Å². The van der Waals surface area contributed by atoms with Crippen LogP contribution in [0.4, 0.5) is 15.8 Å². The highest BCUT2D eigenvalue weighted by atomic mass is 19.1. The first-order valence-corrected chi connectivity index (χ1v) is 5.79. The van der Waals surface area contributed by atoms with Gasteiger partial charge in [0.05, 0.1) is 4.92 Å². The number of rotatable bonds is 4. The van der Waals surface area contributed by atoms with Crippen LogP contribution in [-0.4, -0.2) is 4.92 Å². The number of nitrogens with zero attached hydrogens (tertiary/aromatic N) is 1. The summed E-state index contributed by atoms with van der Waals surface area (Å²) in [6, 6.07) is 11.7. The second-order valence-electron chi connectivity index (χ2n) is 4.26. The van der Waals surface area contributed by atoms with Crippen LogP contribution >= 0.6 is 0 Å². The van der Waals surface area contributed by atoms with E-state index in [1.165, 1.54) is 12.1 Å². The van der Waals surface area contributed by atoms with E-state index < -0.39 is 16.4 Å². The summed E-state index contributed by atoms with van der Waals surface area (Å²) in [6.07, 6.45) is 0. The molecule has 98 valence electrons. The van der Waals surface area contributed by atoms with Crippen molar-refractivity contribution in [2.75, 3.05) is 5.32 Å². The summed E-state index contributed by atoms with van der Waals surface area (Å²) in [7, 11) is 0. The smallest absolute Gasteiger partial charge is 0.304 e. The number of hydrogen-bond donors (Lipinski definition) is 1. The fourth-order valence-electron chi connectivity index (χ4n) is 1.68. The fraction of sp³-hybridized carbons (Fsp3) is 0.143. The van der Waals surface area contributed by atoms with Gasteiger partial charge in [-0.15, -0.1) is 0 Å². The van der Waals surface area contributed by atoms with Crippen molar-refractivity contribution in [1.29, 1.82) is 0 Å². The SMILES string of the molecule is Cc1ccc(NCc2ccc([N+](=O)[O-])c(F)c2)cc1. The molecule has 0 fully saturated rings. The second kappa shape index (κ2) is 5.48. The molecule has 0 aliphatic heterocycles. The molecule has 0 aliphatic carbocycles. The maximum atomic E-state index is 13.4. The average molecular weight is 260 g/mol. The minimum Gasteiger partial charge on any atom is -0.381 e. The van der Waals surface area contributed by atoms with E-state index in [2.05, 4.69) is 5.32 Å². The van der Waals surface area contributed by atoms with Gasteiger partial charge in [-0.25, -0.2) is 0 Å². The van der Waals surface area contributed by atoms with E-state index in [0.717, 1.165) is 11.3 Å². The van der Waals surface area contributed by atoms with Gasteiger partial charge < -0.3 is 5.32 Å². The Balaban J connectivity index is 2.06. The van der Waals surface area contributed by atoms with Crippen LogP contribution in [-0.2, 0) is 6.54 Å². The number of anilines is 1. The average Bonchev–Trinajstić information content (AvgIpc) is 2.37. The Bertz CT molecular complexity index is 597. The first kappa shape index (κ1) is 13.0. The Labute approximate surface area is 110 Å². The molecule has 5 heteroatoms. The number of benzene rings is 2. The predicted octanol–water partition coefficient (Wildman–Crippen LogP) is 3.65. The first-order valence-electron chi connectivity index (χ1n) is 5.79. The van der Waals surface area contributed by atoms with E-state index in [9.17, 15) is 14.5 Å². The minimum atomic E-state index is -0.812. The predicted molar refractivity (Wildman–Crippen MR) is 71.6 cm³/mol. The molecule has 0 heterocycles. The molecule has 0 aromatic heterocycles. The zero-order chi connectivity index (χ0) is 13.8. The van der Waals surface area contributed by atoms with Crippen LogP contribution in [0.3, 0.4) is 0 Å². The van der Waals surface area contributed by atoms with Crippen LogP contribution in [0.15, 0.2) is 42.5 Å². The van der Waals surface area contributed by atoms with Crippen molar-refractivity contribution < 1.29 is 9.31 Å². The van der Waals surface area contributed by atoms with E-state index in [1.807, 2.05) is 31.2 Å².